The van der Waals surface area contributed by atoms with Gasteiger partial charge in [0.15, 0.2) is 0 Å². The molecule has 1 atom stereocenters. The standard InChI is InChI=1S/C20H27N3O2/c1-15(2)20-21-9-11-22(20)10-8-19(24)23-12-13-25-18(14-23)17-7-5-4-6-16(17)3/h4-7,9,11,15,18H,8,10,12-14H2,1-3H3. The van der Waals surface area contributed by atoms with Crippen molar-refractivity contribution in [3.8, 4) is 0 Å². The first-order chi connectivity index (χ1) is 12.1. The smallest absolute Gasteiger partial charge is 0.224 e. The normalized spacial score (nSPS) is 17.9. The first-order valence-corrected chi connectivity index (χ1v) is 9.02. The zero-order valence-corrected chi connectivity index (χ0v) is 15.3. The molecule has 1 aliphatic rings. The van der Waals surface area contributed by atoms with E-state index in [0.717, 1.165) is 5.82 Å². The fourth-order valence-electron chi connectivity index (χ4n) is 3.40. The number of carbonyl (C=O) groups excluding carboxylic acids is 1. The van der Waals surface area contributed by atoms with E-state index in [0.29, 0.717) is 38.6 Å². The van der Waals surface area contributed by atoms with Crippen LogP contribution in [-0.2, 0) is 16.1 Å². The van der Waals surface area contributed by atoms with Crippen molar-refractivity contribution in [3.05, 3.63) is 53.6 Å². The summed E-state index contributed by atoms with van der Waals surface area (Å²) < 4.78 is 8.00. The van der Waals surface area contributed by atoms with Crippen molar-refractivity contribution in [3.63, 3.8) is 0 Å². The third-order valence-corrected chi connectivity index (χ3v) is 4.79. The Labute approximate surface area is 149 Å². The fraction of sp³-hybridized carbons (Fsp3) is 0.500. The van der Waals surface area contributed by atoms with Gasteiger partial charge in [0.25, 0.3) is 0 Å². The lowest BCUT2D eigenvalue weighted by atomic mass is 10.0. The third kappa shape index (κ3) is 4.10. The lowest BCUT2D eigenvalue weighted by Crippen LogP contribution is -2.42. The number of benzene rings is 1. The molecule has 1 aromatic carbocycles. The molecular formula is C20H27N3O2. The Kier molecular flexibility index (Phi) is 5.53. The minimum atomic E-state index is -0.0293. The summed E-state index contributed by atoms with van der Waals surface area (Å²) in [5.74, 6) is 1.58. The Morgan fingerprint density at radius 3 is 2.92 bits per heavy atom. The van der Waals surface area contributed by atoms with Crippen LogP contribution in [0.2, 0.25) is 0 Å². The number of nitrogens with zero attached hydrogens (tertiary/aromatic N) is 3. The van der Waals surface area contributed by atoms with Crippen molar-refractivity contribution >= 4 is 5.91 Å². The van der Waals surface area contributed by atoms with Crippen LogP contribution < -0.4 is 0 Å². The van der Waals surface area contributed by atoms with E-state index in [4.69, 9.17) is 4.74 Å². The van der Waals surface area contributed by atoms with Crippen LogP contribution in [-0.4, -0.2) is 40.1 Å². The summed E-state index contributed by atoms with van der Waals surface area (Å²) in [5, 5.41) is 0. The Balaban J connectivity index is 1.60. The summed E-state index contributed by atoms with van der Waals surface area (Å²) >= 11 is 0. The molecule has 134 valence electrons. The number of amides is 1. The second kappa shape index (κ2) is 7.83. The number of hydrogen-bond donors (Lipinski definition) is 0. The van der Waals surface area contributed by atoms with E-state index in [-0.39, 0.29) is 12.0 Å². The summed E-state index contributed by atoms with van der Waals surface area (Å²) in [5.41, 5.74) is 2.39. The first-order valence-electron chi connectivity index (χ1n) is 9.02. The van der Waals surface area contributed by atoms with Gasteiger partial charge in [0.1, 0.15) is 11.9 Å². The molecule has 1 unspecified atom stereocenters. The van der Waals surface area contributed by atoms with Crippen molar-refractivity contribution in [2.24, 2.45) is 0 Å². The average Bonchev–Trinajstić information content (AvgIpc) is 3.09. The molecule has 0 radical (unpaired) electrons. The zero-order valence-electron chi connectivity index (χ0n) is 15.3. The number of carbonyl (C=O) groups is 1. The minimum absolute atomic E-state index is 0.0293. The Morgan fingerprint density at radius 1 is 1.36 bits per heavy atom. The van der Waals surface area contributed by atoms with Crippen LogP contribution in [0.1, 0.15) is 49.2 Å². The van der Waals surface area contributed by atoms with E-state index in [1.54, 1.807) is 0 Å². The van der Waals surface area contributed by atoms with E-state index in [9.17, 15) is 4.79 Å². The molecule has 0 saturated carbocycles. The molecule has 0 N–H and O–H groups in total. The van der Waals surface area contributed by atoms with Crippen LogP contribution in [0.4, 0.5) is 0 Å². The molecule has 2 heterocycles. The van der Waals surface area contributed by atoms with Gasteiger partial charge in [-0.3, -0.25) is 4.79 Å². The molecule has 1 aromatic heterocycles. The van der Waals surface area contributed by atoms with E-state index in [1.807, 2.05) is 29.4 Å². The fourth-order valence-corrected chi connectivity index (χ4v) is 3.40. The monoisotopic (exact) mass is 341 g/mol. The Hall–Kier alpha value is -2.14. The SMILES string of the molecule is Cc1ccccc1C1CN(C(=O)CCn2ccnc2C(C)C)CCO1. The number of ether oxygens (including phenoxy) is 1. The summed E-state index contributed by atoms with van der Waals surface area (Å²) in [6.07, 6.45) is 4.23. The summed E-state index contributed by atoms with van der Waals surface area (Å²) in [7, 11) is 0. The van der Waals surface area contributed by atoms with E-state index < -0.39 is 0 Å². The maximum absolute atomic E-state index is 12.7. The third-order valence-electron chi connectivity index (χ3n) is 4.79. The van der Waals surface area contributed by atoms with Crippen molar-refractivity contribution < 1.29 is 9.53 Å². The van der Waals surface area contributed by atoms with Crippen LogP contribution in [0.3, 0.4) is 0 Å². The quantitative estimate of drug-likeness (QED) is 0.838. The molecule has 1 saturated heterocycles. The van der Waals surface area contributed by atoms with Gasteiger partial charge >= 0.3 is 0 Å². The molecule has 2 aromatic rings. The Bertz CT molecular complexity index is 723. The molecule has 25 heavy (non-hydrogen) atoms. The van der Waals surface area contributed by atoms with Crippen molar-refractivity contribution in [1.82, 2.24) is 14.5 Å². The molecule has 0 aliphatic carbocycles. The van der Waals surface area contributed by atoms with Crippen LogP contribution in [0.5, 0.6) is 0 Å². The van der Waals surface area contributed by atoms with Gasteiger partial charge < -0.3 is 14.2 Å². The van der Waals surface area contributed by atoms with Crippen LogP contribution >= 0.6 is 0 Å². The van der Waals surface area contributed by atoms with Gasteiger partial charge in [-0.2, -0.15) is 0 Å². The van der Waals surface area contributed by atoms with Gasteiger partial charge in [0.2, 0.25) is 5.91 Å². The highest BCUT2D eigenvalue weighted by Gasteiger charge is 2.26. The molecule has 0 spiro atoms. The van der Waals surface area contributed by atoms with Gasteiger partial charge in [-0.05, 0) is 18.1 Å². The lowest BCUT2D eigenvalue weighted by molar-refractivity contribution is -0.139. The zero-order chi connectivity index (χ0) is 17.8. The first kappa shape index (κ1) is 17.7. The highest BCUT2D eigenvalue weighted by molar-refractivity contribution is 5.76. The topological polar surface area (TPSA) is 47.4 Å². The number of aryl methyl sites for hydroxylation is 2. The lowest BCUT2D eigenvalue weighted by Gasteiger charge is -2.34. The van der Waals surface area contributed by atoms with E-state index in [1.165, 1.54) is 11.1 Å². The molecule has 5 nitrogen and oxygen atoms in total. The molecule has 3 rings (SSSR count). The van der Waals surface area contributed by atoms with E-state index >= 15 is 0 Å². The van der Waals surface area contributed by atoms with Gasteiger partial charge in [-0.15, -0.1) is 0 Å². The minimum Gasteiger partial charge on any atom is -0.370 e. The molecule has 1 aliphatic heterocycles. The number of morpholine rings is 1. The van der Waals surface area contributed by atoms with Crippen molar-refractivity contribution in [2.45, 2.75) is 45.8 Å². The summed E-state index contributed by atoms with van der Waals surface area (Å²) in [4.78, 5) is 19.0. The van der Waals surface area contributed by atoms with Gasteiger partial charge in [0, 0.05) is 37.8 Å². The highest BCUT2D eigenvalue weighted by atomic mass is 16.5. The van der Waals surface area contributed by atoms with E-state index in [2.05, 4.69) is 42.5 Å². The highest BCUT2D eigenvalue weighted by Crippen LogP contribution is 2.25. The molecule has 1 fully saturated rings. The maximum Gasteiger partial charge on any atom is 0.224 e. The number of aromatic nitrogens is 2. The van der Waals surface area contributed by atoms with Crippen LogP contribution in [0, 0.1) is 6.92 Å². The summed E-state index contributed by atoms with van der Waals surface area (Å²) in [6, 6.07) is 8.24. The van der Waals surface area contributed by atoms with Gasteiger partial charge in [0.05, 0.1) is 13.2 Å². The second-order valence-electron chi connectivity index (χ2n) is 6.94. The maximum atomic E-state index is 12.7. The van der Waals surface area contributed by atoms with Crippen molar-refractivity contribution in [1.29, 1.82) is 0 Å². The molecule has 0 bridgehead atoms. The van der Waals surface area contributed by atoms with Crippen molar-refractivity contribution in [2.75, 3.05) is 19.7 Å². The predicted octanol–water partition coefficient (Wildman–Crippen LogP) is 3.31. The second-order valence-corrected chi connectivity index (χ2v) is 6.94. The molecular weight excluding hydrogens is 314 g/mol. The average molecular weight is 341 g/mol. The number of rotatable bonds is 5. The van der Waals surface area contributed by atoms with Crippen LogP contribution in [0.25, 0.3) is 0 Å². The largest absolute Gasteiger partial charge is 0.370 e. The van der Waals surface area contributed by atoms with Crippen LogP contribution in [0.15, 0.2) is 36.7 Å². The number of hydrogen-bond acceptors (Lipinski definition) is 3. The number of imidazole rings is 1. The predicted molar refractivity (Wildman–Crippen MR) is 97.4 cm³/mol. The summed E-state index contributed by atoms with van der Waals surface area (Å²) in [6.45, 7) is 8.90. The Morgan fingerprint density at radius 2 is 2.16 bits per heavy atom. The van der Waals surface area contributed by atoms with Gasteiger partial charge in [-0.25, -0.2) is 4.98 Å². The molecule has 1 amide bonds. The van der Waals surface area contributed by atoms with Gasteiger partial charge in [-0.1, -0.05) is 38.1 Å². The molecule has 5 heteroatoms.